The van der Waals surface area contributed by atoms with Crippen molar-refractivity contribution in [2.75, 3.05) is 13.7 Å². The Labute approximate surface area is 110 Å². The molecule has 0 saturated carbocycles. The maximum atomic E-state index is 11.5. The molecular weight excluding hydrogens is 282 g/mol. The fourth-order valence-corrected chi connectivity index (χ4v) is 1.78. The highest BCUT2D eigenvalue weighted by Gasteiger charge is 2.03. The van der Waals surface area contributed by atoms with Gasteiger partial charge in [0, 0.05) is 23.7 Å². The van der Waals surface area contributed by atoms with Gasteiger partial charge in [-0.05, 0) is 24.6 Å². The Kier molecular flexibility index (Phi) is 5.94. The van der Waals surface area contributed by atoms with Gasteiger partial charge in [0.2, 0.25) is 5.91 Å². The average molecular weight is 298 g/mol. The van der Waals surface area contributed by atoms with E-state index in [0.717, 1.165) is 10.0 Å². The number of hydrogen-bond donors (Lipinski definition) is 1. The first-order chi connectivity index (χ1) is 8.13. The number of methoxy groups -OCH3 is 1. The fraction of sp³-hybridized carbons (Fsp3) is 0.308. The second kappa shape index (κ2) is 7.25. The summed E-state index contributed by atoms with van der Waals surface area (Å²) in [4.78, 5) is 11.5. The van der Waals surface area contributed by atoms with Crippen molar-refractivity contribution in [3.63, 3.8) is 0 Å². The molecule has 1 N–H and O–H groups in total. The van der Waals surface area contributed by atoms with E-state index in [0.29, 0.717) is 6.61 Å². The Balaban J connectivity index is 2.54. The van der Waals surface area contributed by atoms with Crippen LogP contribution < -0.4 is 5.32 Å². The molecule has 1 aromatic carbocycles. The molecule has 1 rings (SSSR count). The summed E-state index contributed by atoms with van der Waals surface area (Å²) in [7, 11) is 1.61. The van der Waals surface area contributed by atoms with E-state index in [1.807, 2.05) is 31.2 Å². The molecule has 0 fully saturated rings. The third-order valence-electron chi connectivity index (χ3n) is 2.12. The number of carbonyl (C=O) groups excluding carboxylic acids is 1. The van der Waals surface area contributed by atoms with Crippen LogP contribution in [0.4, 0.5) is 0 Å². The summed E-state index contributed by atoms with van der Waals surface area (Å²) in [5, 5.41) is 2.80. The second-order valence-electron chi connectivity index (χ2n) is 3.72. The number of ether oxygens (including phenoxy) is 1. The summed E-state index contributed by atoms with van der Waals surface area (Å²) in [5.41, 5.74) is 0.974. The Morgan fingerprint density at radius 2 is 2.24 bits per heavy atom. The summed E-state index contributed by atoms with van der Waals surface area (Å²) in [6.45, 7) is 2.41. The van der Waals surface area contributed by atoms with Crippen LogP contribution in [0.2, 0.25) is 0 Å². The van der Waals surface area contributed by atoms with Crippen LogP contribution in [-0.2, 0) is 9.53 Å². The van der Waals surface area contributed by atoms with Crippen LogP contribution in [-0.4, -0.2) is 25.7 Å². The van der Waals surface area contributed by atoms with Gasteiger partial charge in [-0.2, -0.15) is 0 Å². The number of amides is 1. The Bertz CT molecular complexity index is 404. The third-order valence-corrected chi connectivity index (χ3v) is 2.85. The largest absolute Gasteiger partial charge is 0.383 e. The van der Waals surface area contributed by atoms with E-state index in [1.165, 1.54) is 6.08 Å². The minimum absolute atomic E-state index is 0.0105. The lowest BCUT2D eigenvalue weighted by molar-refractivity contribution is -0.117. The first kappa shape index (κ1) is 13.9. The predicted molar refractivity (Wildman–Crippen MR) is 72.7 cm³/mol. The third kappa shape index (κ3) is 5.15. The van der Waals surface area contributed by atoms with E-state index in [9.17, 15) is 4.79 Å². The molecular formula is C13H16BrNO2. The lowest BCUT2D eigenvalue weighted by Crippen LogP contribution is -2.34. The van der Waals surface area contributed by atoms with Crippen molar-refractivity contribution in [1.82, 2.24) is 5.32 Å². The van der Waals surface area contributed by atoms with Gasteiger partial charge in [0.1, 0.15) is 0 Å². The monoisotopic (exact) mass is 297 g/mol. The summed E-state index contributed by atoms with van der Waals surface area (Å²) in [6, 6.07) is 7.74. The minimum atomic E-state index is -0.120. The van der Waals surface area contributed by atoms with Crippen molar-refractivity contribution in [2.24, 2.45) is 0 Å². The lowest BCUT2D eigenvalue weighted by atomic mass is 10.2. The van der Waals surface area contributed by atoms with Gasteiger partial charge in [-0.3, -0.25) is 4.79 Å². The van der Waals surface area contributed by atoms with Crippen LogP contribution in [0.15, 0.2) is 34.8 Å². The maximum Gasteiger partial charge on any atom is 0.244 e. The molecule has 1 atom stereocenters. The second-order valence-corrected chi connectivity index (χ2v) is 4.57. The molecule has 17 heavy (non-hydrogen) atoms. The molecule has 0 heterocycles. The van der Waals surface area contributed by atoms with Crippen molar-refractivity contribution in [1.29, 1.82) is 0 Å². The van der Waals surface area contributed by atoms with Gasteiger partial charge in [-0.1, -0.05) is 34.1 Å². The molecule has 1 amide bonds. The molecule has 1 aromatic rings. The van der Waals surface area contributed by atoms with E-state index in [-0.39, 0.29) is 11.9 Å². The zero-order chi connectivity index (χ0) is 12.7. The molecule has 0 bridgehead atoms. The molecule has 0 aliphatic carbocycles. The van der Waals surface area contributed by atoms with Gasteiger partial charge >= 0.3 is 0 Å². The van der Waals surface area contributed by atoms with E-state index in [1.54, 1.807) is 13.2 Å². The van der Waals surface area contributed by atoms with Crippen molar-refractivity contribution < 1.29 is 9.53 Å². The molecule has 4 heteroatoms. The Morgan fingerprint density at radius 1 is 1.53 bits per heavy atom. The Morgan fingerprint density at radius 3 is 2.88 bits per heavy atom. The number of nitrogens with one attached hydrogen (secondary N) is 1. The number of rotatable bonds is 5. The van der Waals surface area contributed by atoms with Gasteiger partial charge in [-0.15, -0.1) is 0 Å². The summed E-state index contributed by atoms with van der Waals surface area (Å²) in [5.74, 6) is -0.120. The maximum absolute atomic E-state index is 11.5. The molecule has 92 valence electrons. The van der Waals surface area contributed by atoms with Crippen molar-refractivity contribution >= 4 is 27.9 Å². The highest BCUT2D eigenvalue weighted by molar-refractivity contribution is 9.10. The SMILES string of the molecule is COC[C@H](C)NC(=O)/C=C/c1ccccc1Br. The normalized spacial score (nSPS) is 12.6. The van der Waals surface area contributed by atoms with Crippen LogP contribution in [0.1, 0.15) is 12.5 Å². The molecule has 0 spiro atoms. The first-order valence-corrected chi connectivity index (χ1v) is 6.15. The minimum Gasteiger partial charge on any atom is -0.383 e. The highest BCUT2D eigenvalue weighted by atomic mass is 79.9. The number of benzene rings is 1. The average Bonchev–Trinajstić information content (AvgIpc) is 2.28. The molecule has 0 radical (unpaired) electrons. The quantitative estimate of drug-likeness (QED) is 0.849. The standard InChI is InChI=1S/C13H16BrNO2/c1-10(9-17-2)15-13(16)8-7-11-5-3-4-6-12(11)14/h3-8,10H,9H2,1-2H3,(H,15,16)/b8-7+/t10-/m0/s1. The van der Waals surface area contributed by atoms with Crippen LogP contribution in [0.5, 0.6) is 0 Å². The predicted octanol–water partition coefficient (Wildman–Crippen LogP) is 2.61. The molecule has 0 aliphatic rings. The number of halogens is 1. The zero-order valence-electron chi connectivity index (χ0n) is 9.94. The highest BCUT2D eigenvalue weighted by Crippen LogP contribution is 2.16. The van der Waals surface area contributed by atoms with Gasteiger partial charge in [0.05, 0.1) is 6.61 Å². The lowest BCUT2D eigenvalue weighted by Gasteiger charge is -2.10. The van der Waals surface area contributed by atoms with Crippen LogP contribution in [0.25, 0.3) is 6.08 Å². The van der Waals surface area contributed by atoms with E-state index in [4.69, 9.17) is 4.74 Å². The summed E-state index contributed by atoms with van der Waals surface area (Å²) < 4.78 is 5.91. The fourth-order valence-electron chi connectivity index (χ4n) is 1.36. The first-order valence-electron chi connectivity index (χ1n) is 5.35. The van der Waals surface area contributed by atoms with Gasteiger partial charge < -0.3 is 10.1 Å². The van der Waals surface area contributed by atoms with Crippen molar-refractivity contribution in [3.8, 4) is 0 Å². The zero-order valence-corrected chi connectivity index (χ0v) is 11.5. The molecule has 0 unspecified atom stereocenters. The summed E-state index contributed by atoms with van der Waals surface area (Å²) in [6.07, 6.45) is 3.30. The van der Waals surface area contributed by atoms with Gasteiger partial charge in [0.25, 0.3) is 0 Å². The number of hydrogen-bond acceptors (Lipinski definition) is 2. The molecule has 0 aromatic heterocycles. The topological polar surface area (TPSA) is 38.3 Å². The van der Waals surface area contributed by atoms with Gasteiger partial charge in [-0.25, -0.2) is 0 Å². The molecule has 3 nitrogen and oxygen atoms in total. The van der Waals surface area contributed by atoms with Crippen LogP contribution in [0, 0.1) is 0 Å². The summed E-state index contributed by atoms with van der Waals surface area (Å²) >= 11 is 3.42. The van der Waals surface area contributed by atoms with Crippen molar-refractivity contribution in [3.05, 3.63) is 40.4 Å². The van der Waals surface area contributed by atoms with Crippen LogP contribution >= 0.6 is 15.9 Å². The Hall–Kier alpha value is -1.13. The number of carbonyl (C=O) groups is 1. The van der Waals surface area contributed by atoms with E-state index < -0.39 is 0 Å². The molecule has 0 saturated heterocycles. The van der Waals surface area contributed by atoms with E-state index >= 15 is 0 Å². The smallest absolute Gasteiger partial charge is 0.244 e. The van der Waals surface area contributed by atoms with E-state index in [2.05, 4.69) is 21.2 Å². The van der Waals surface area contributed by atoms with Crippen LogP contribution in [0.3, 0.4) is 0 Å². The molecule has 0 aliphatic heterocycles. The van der Waals surface area contributed by atoms with Crippen molar-refractivity contribution in [2.45, 2.75) is 13.0 Å². The van der Waals surface area contributed by atoms with Gasteiger partial charge in [0.15, 0.2) is 0 Å².